The Labute approximate surface area is 291 Å². The van der Waals surface area contributed by atoms with E-state index in [2.05, 4.69) is 66.7 Å². The van der Waals surface area contributed by atoms with Crippen LogP contribution in [0.15, 0.2) is 162 Å². The minimum atomic E-state index is 0.633. The molecule has 234 valence electrons. The second kappa shape index (κ2) is 11.6. The normalized spacial score (nSPS) is 11.6. The SMILES string of the molecule is c1ccc(-c2nc(-c3ccccc3)nc(-c3ccc(-c4cccc5sc6cc7oc(-c8ccccc8)nc7cc6c45)c4ccccc34)n2)cc1. The maximum Gasteiger partial charge on any atom is 0.227 e. The van der Waals surface area contributed by atoms with Crippen molar-refractivity contribution in [3.05, 3.63) is 158 Å². The Morgan fingerprint density at radius 2 is 0.980 bits per heavy atom. The molecule has 0 unspecified atom stereocenters. The summed E-state index contributed by atoms with van der Waals surface area (Å²) in [5.74, 6) is 2.56. The van der Waals surface area contributed by atoms with Crippen LogP contribution in [-0.2, 0) is 0 Å². The molecule has 10 aromatic rings. The number of benzene rings is 7. The number of aromatic nitrogens is 4. The third-order valence-corrected chi connectivity index (χ3v) is 10.3. The molecule has 0 aliphatic rings. The van der Waals surface area contributed by atoms with E-state index in [1.54, 1.807) is 11.3 Å². The van der Waals surface area contributed by atoms with E-state index >= 15 is 0 Å². The van der Waals surface area contributed by atoms with Gasteiger partial charge in [0, 0.05) is 48.5 Å². The Hall–Kier alpha value is -6.50. The molecule has 0 N–H and O–H groups in total. The van der Waals surface area contributed by atoms with E-state index < -0.39 is 0 Å². The van der Waals surface area contributed by atoms with Crippen LogP contribution in [-0.4, -0.2) is 19.9 Å². The van der Waals surface area contributed by atoms with Crippen LogP contribution < -0.4 is 0 Å². The fourth-order valence-corrected chi connectivity index (χ4v) is 7.98. The van der Waals surface area contributed by atoms with Crippen LogP contribution in [0.1, 0.15) is 0 Å². The molecule has 10 rings (SSSR count). The van der Waals surface area contributed by atoms with E-state index in [1.165, 1.54) is 25.7 Å². The van der Waals surface area contributed by atoms with Crippen LogP contribution in [0.4, 0.5) is 0 Å². The zero-order valence-electron chi connectivity index (χ0n) is 26.6. The van der Waals surface area contributed by atoms with Crippen molar-refractivity contribution in [3.8, 4) is 56.7 Å². The number of nitrogens with zero attached hydrogens (tertiary/aromatic N) is 4. The topological polar surface area (TPSA) is 64.7 Å². The van der Waals surface area contributed by atoms with Crippen LogP contribution in [0.3, 0.4) is 0 Å². The molecule has 0 spiro atoms. The number of fused-ring (bicyclic) bond motifs is 5. The number of rotatable bonds is 5. The Morgan fingerprint density at radius 1 is 0.400 bits per heavy atom. The van der Waals surface area contributed by atoms with Gasteiger partial charge in [0.05, 0.1) is 0 Å². The van der Waals surface area contributed by atoms with Gasteiger partial charge < -0.3 is 4.42 Å². The highest BCUT2D eigenvalue weighted by atomic mass is 32.1. The van der Waals surface area contributed by atoms with E-state index in [4.69, 9.17) is 24.4 Å². The van der Waals surface area contributed by atoms with E-state index in [0.29, 0.717) is 23.4 Å². The minimum absolute atomic E-state index is 0.633. The molecule has 50 heavy (non-hydrogen) atoms. The molecule has 5 nitrogen and oxygen atoms in total. The quantitative estimate of drug-likeness (QED) is 0.184. The zero-order chi connectivity index (χ0) is 33.0. The third kappa shape index (κ3) is 4.77. The Balaban J connectivity index is 1.16. The van der Waals surface area contributed by atoms with Gasteiger partial charge in [0.1, 0.15) is 5.52 Å². The number of hydrogen-bond acceptors (Lipinski definition) is 6. The summed E-state index contributed by atoms with van der Waals surface area (Å²) >= 11 is 1.78. The molecule has 0 bridgehead atoms. The molecule has 0 aliphatic heterocycles. The monoisotopic (exact) mass is 658 g/mol. The highest BCUT2D eigenvalue weighted by Gasteiger charge is 2.19. The largest absolute Gasteiger partial charge is 0.436 e. The van der Waals surface area contributed by atoms with Crippen LogP contribution in [0, 0.1) is 0 Å². The van der Waals surface area contributed by atoms with Crippen molar-refractivity contribution in [2.75, 3.05) is 0 Å². The lowest BCUT2D eigenvalue weighted by molar-refractivity contribution is 0.620. The molecular formula is C44H26N4OS. The van der Waals surface area contributed by atoms with Crippen molar-refractivity contribution in [1.82, 2.24) is 19.9 Å². The van der Waals surface area contributed by atoms with Crippen LogP contribution in [0.25, 0.3) is 98.8 Å². The van der Waals surface area contributed by atoms with Crippen LogP contribution in [0.5, 0.6) is 0 Å². The van der Waals surface area contributed by atoms with Crippen molar-refractivity contribution in [2.24, 2.45) is 0 Å². The van der Waals surface area contributed by atoms with Gasteiger partial charge in [0.2, 0.25) is 5.89 Å². The van der Waals surface area contributed by atoms with Gasteiger partial charge in [-0.05, 0) is 52.2 Å². The van der Waals surface area contributed by atoms with Gasteiger partial charge in [-0.15, -0.1) is 11.3 Å². The summed E-state index contributed by atoms with van der Waals surface area (Å²) in [6, 6.07) is 54.1. The minimum Gasteiger partial charge on any atom is -0.436 e. The van der Waals surface area contributed by atoms with E-state index in [0.717, 1.165) is 49.7 Å². The summed E-state index contributed by atoms with van der Waals surface area (Å²) < 4.78 is 8.63. The van der Waals surface area contributed by atoms with Gasteiger partial charge in [0.15, 0.2) is 23.1 Å². The van der Waals surface area contributed by atoms with Gasteiger partial charge in [-0.3, -0.25) is 0 Å². The Bertz CT molecular complexity index is 2810. The van der Waals surface area contributed by atoms with Gasteiger partial charge in [-0.25, -0.2) is 19.9 Å². The molecule has 3 heterocycles. The molecule has 0 amide bonds. The van der Waals surface area contributed by atoms with Gasteiger partial charge >= 0.3 is 0 Å². The van der Waals surface area contributed by atoms with Crippen molar-refractivity contribution in [1.29, 1.82) is 0 Å². The first-order valence-electron chi connectivity index (χ1n) is 16.5. The molecule has 0 atom stereocenters. The first kappa shape index (κ1) is 28.5. The molecule has 3 aromatic heterocycles. The average molecular weight is 659 g/mol. The zero-order valence-corrected chi connectivity index (χ0v) is 27.4. The lowest BCUT2D eigenvalue weighted by atomic mass is 9.92. The summed E-state index contributed by atoms with van der Waals surface area (Å²) in [7, 11) is 0. The van der Waals surface area contributed by atoms with E-state index in [9.17, 15) is 0 Å². The summed E-state index contributed by atoms with van der Waals surface area (Å²) in [6.07, 6.45) is 0. The first-order valence-corrected chi connectivity index (χ1v) is 17.3. The lowest BCUT2D eigenvalue weighted by Gasteiger charge is -2.14. The predicted octanol–water partition coefficient (Wildman–Crippen LogP) is 11.9. The van der Waals surface area contributed by atoms with Crippen molar-refractivity contribution >= 4 is 53.4 Å². The number of oxazole rings is 1. The molecule has 0 fully saturated rings. The van der Waals surface area contributed by atoms with Gasteiger partial charge in [0.25, 0.3) is 0 Å². The molecule has 0 radical (unpaired) electrons. The fraction of sp³-hybridized carbons (Fsp3) is 0. The molecule has 0 aliphatic carbocycles. The molecule has 6 heteroatoms. The molecule has 0 saturated heterocycles. The first-order chi connectivity index (χ1) is 24.8. The molecular weight excluding hydrogens is 633 g/mol. The summed E-state index contributed by atoms with van der Waals surface area (Å²) in [5.41, 5.74) is 7.79. The highest BCUT2D eigenvalue weighted by molar-refractivity contribution is 7.26. The van der Waals surface area contributed by atoms with Crippen LogP contribution >= 0.6 is 11.3 Å². The number of thiophene rings is 1. The average Bonchev–Trinajstić information content (AvgIpc) is 3.78. The smallest absolute Gasteiger partial charge is 0.227 e. The maximum absolute atomic E-state index is 6.24. The van der Waals surface area contributed by atoms with Gasteiger partial charge in [-0.2, -0.15) is 0 Å². The van der Waals surface area contributed by atoms with E-state index in [-0.39, 0.29) is 0 Å². The standard InChI is InChI=1S/C44H26N4OS/c1-4-13-27(14-5-1)41-46-42(28-15-6-2-7-16-28)48-43(47-41)34-24-23-32(30-19-10-11-20-31(30)34)33-21-12-22-38-40(33)35-25-36-37(26-39(35)50-38)49-44(45-36)29-17-8-3-9-18-29/h1-26H. The summed E-state index contributed by atoms with van der Waals surface area (Å²) in [6.45, 7) is 0. The molecule has 0 saturated carbocycles. The Morgan fingerprint density at radius 3 is 1.66 bits per heavy atom. The highest BCUT2D eigenvalue weighted by Crippen LogP contribution is 2.44. The Kier molecular flexibility index (Phi) is 6.60. The number of hydrogen-bond donors (Lipinski definition) is 0. The summed E-state index contributed by atoms with van der Waals surface area (Å²) in [4.78, 5) is 19.9. The lowest BCUT2D eigenvalue weighted by Crippen LogP contribution is -2.00. The van der Waals surface area contributed by atoms with Crippen molar-refractivity contribution in [2.45, 2.75) is 0 Å². The second-order valence-electron chi connectivity index (χ2n) is 12.2. The van der Waals surface area contributed by atoms with E-state index in [1.807, 2.05) is 91.0 Å². The van der Waals surface area contributed by atoms with Gasteiger partial charge in [-0.1, -0.05) is 121 Å². The maximum atomic E-state index is 6.24. The van der Waals surface area contributed by atoms with Crippen LogP contribution in [0.2, 0.25) is 0 Å². The van der Waals surface area contributed by atoms with Crippen molar-refractivity contribution in [3.63, 3.8) is 0 Å². The fourth-order valence-electron chi connectivity index (χ4n) is 6.83. The second-order valence-corrected chi connectivity index (χ2v) is 13.3. The molecule has 7 aromatic carbocycles. The predicted molar refractivity (Wildman–Crippen MR) is 205 cm³/mol. The van der Waals surface area contributed by atoms with Crippen molar-refractivity contribution < 1.29 is 4.42 Å². The third-order valence-electron chi connectivity index (χ3n) is 9.18. The summed E-state index contributed by atoms with van der Waals surface area (Å²) in [5, 5.41) is 4.60.